The van der Waals surface area contributed by atoms with Gasteiger partial charge in [-0.25, -0.2) is 9.78 Å². The van der Waals surface area contributed by atoms with E-state index in [0.717, 1.165) is 5.56 Å². The topological polar surface area (TPSA) is 87.6 Å². The first-order valence-corrected chi connectivity index (χ1v) is 9.83. The van der Waals surface area contributed by atoms with Gasteiger partial charge in [0.25, 0.3) is 0 Å². The number of pyridine rings is 2. The highest BCUT2D eigenvalue weighted by Gasteiger charge is 2.19. The molecule has 0 saturated heterocycles. The summed E-state index contributed by atoms with van der Waals surface area (Å²) in [7, 11) is 2.97. The molecule has 0 aliphatic heterocycles. The van der Waals surface area contributed by atoms with Crippen LogP contribution in [-0.4, -0.2) is 42.5 Å². The maximum Gasteiger partial charge on any atom is 0.339 e. The zero-order chi connectivity index (χ0) is 22.5. The molecule has 0 saturated carbocycles. The minimum atomic E-state index is -0.621. The van der Waals surface area contributed by atoms with Crippen molar-refractivity contribution in [3.63, 3.8) is 0 Å². The summed E-state index contributed by atoms with van der Waals surface area (Å²) in [6.45, 7) is -0.443. The maximum atomic E-state index is 13.0. The molecule has 32 heavy (non-hydrogen) atoms. The lowest BCUT2D eigenvalue weighted by Crippen LogP contribution is -2.15. The van der Waals surface area contributed by atoms with Gasteiger partial charge in [0.1, 0.15) is 11.5 Å². The molecule has 160 valence electrons. The first kappa shape index (κ1) is 21.0. The highest BCUT2D eigenvalue weighted by atomic mass is 16.5. The third kappa shape index (κ3) is 4.27. The molecule has 0 bridgehead atoms. The molecule has 0 spiro atoms. The van der Waals surface area contributed by atoms with E-state index in [1.165, 1.54) is 14.2 Å². The van der Waals surface area contributed by atoms with Crippen LogP contribution in [0.1, 0.15) is 20.7 Å². The SMILES string of the molecule is COc1ccc(OC)c(C(=O)COC(=O)c2cc(-c3cccnc3)nc3ccccc23)c1. The fourth-order valence-electron chi connectivity index (χ4n) is 3.33. The number of benzene rings is 2. The molecule has 0 amide bonds. The van der Waals surface area contributed by atoms with Crippen molar-refractivity contribution in [1.29, 1.82) is 0 Å². The van der Waals surface area contributed by atoms with Crippen molar-refractivity contribution in [2.45, 2.75) is 0 Å². The second-order valence-corrected chi connectivity index (χ2v) is 6.88. The number of Topliss-reactive ketones (excluding diaryl/α,β-unsaturated/α-hetero) is 1. The van der Waals surface area contributed by atoms with Crippen molar-refractivity contribution < 1.29 is 23.8 Å². The molecule has 0 aliphatic rings. The van der Waals surface area contributed by atoms with Crippen LogP contribution in [0, 0.1) is 0 Å². The van der Waals surface area contributed by atoms with Gasteiger partial charge in [0.15, 0.2) is 6.61 Å². The van der Waals surface area contributed by atoms with Gasteiger partial charge in [-0.05, 0) is 42.5 Å². The van der Waals surface area contributed by atoms with Crippen molar-refractivity contribution >= 4 is 22.7 Å². The summed E-state index contributed by atoms with van der Waals surface area (Å²) in [5.41, 5.74) is 2.59. The highest BCUT2D eigenvalue weighted by Crippen LogP contribution is 2.26. The lowest BCUT2D eigenvalue weighted by Gasteiger charge is -2.11. The minimum Gasteiger partial charge on any atom is -0.497 e. The van der Waals surface area contributed by atoms with Crippen LogP contribution in [0.15, 0.2) is 73.1 Å². The summed E-state index contributed by atoms with van der Waals surface area (Å²) in [6, 6.07) is 17.4. The van der Waals surface area contributed by atoms with Crippen molar-refractivity contribution in [1.82, 2.24) is 9.97 Å². The first-order chi connectivity index (χ1) is 15.6. The van der Waals surface area contributed by atoms with Crippen LogP contribution in [0.5, 0.6) is 11.5 Å². The van der Waals surface area contributed by atoms with E-state index >= 15 is 0 Å². The molecule has 0 N–H and O–H groups in total. The summed E-state index contributed by atoms with van der Waals surface area (Å²) in [5.74, 6) is -0.148. The Morgan fingerprint density at radius 2 is 1.75 bits per heavy atom. The van der Waals surface area contributed by atoms with Crippen LogP contribution >= 0.6 is 0 Å². The molecular weight excluding hydrogens is 408 g/mol. The fraction of sp³-hybridized carbons (Fsp3) is 0.120. The van der Waals surface area contributed by atoms with Crippen LogP contribution in [0.25, 0.3) is 22.2 Å². The first-order valence-electron chi connectivity index (χ1n) is 9.83. The van der Waals surface area contributed by atoms with E-state index in [-0.39, 0.29) is 5.56 Å². The van der Waals surface area contributed by atoms with E-state index in [2.05, 4.69) is 9.97 Å². The van der Waals surface area contributed by atoms with Crippen molar-refractivity contribution in [3.8, 4) is 22.8 Å². The Kier molecular flexibility index (Phi) is 6.07. The number of ether oxygens (including phenoxy) is 3. The molecule has 2 aromatic heterocycles. The number of carbonyl (C=O) groups is 2. The number of methoxy groups -OCH3 is 2. The number of fused-ring (bicyclic) bond motifs is 1. The normalized spacial score (nSPS) is 10.6. The highest BCUT2D eigenvalue weighted by molar-refractivity contribution is 6.06. The Hall–Kier alpha value is -4.26. The fourth-order valence-corrected chi connectivity index (χ4v) is 3.33. The minimum absolute atomic E-state index is 0.273. The molecule has 2 aromatic carbocycles. The smallest absolute Gasteiger partial charge is 0.339 e. The molecule has 4 rings (SSSR count). The average molecular weight is 428 g/mol. The molecular formula is C25H20N2O5. The van der Waals surface area contributed by atoms with Gasteiger partial charge >= 0.3 is 5.97 Å². The standard InChI is InChI=1S/C25H20N2O5/c1-30-17-9-10-24(31-2)20(12-17)23(28)15-32-25(29)19-13-22(16-6-5-11-26-14-16)27-21-8-4-3-7-18(19)21/h3-14H,15H2,1-2H3. The predicted octanol–water partition coefficient (Wildman–Crippen LogP) is 4.35. The number of nitrogens with zero attached hydrogens (tertiary/aromatic N) is 2. The van der Waals surface area contributed by atoms with Gasteiger partial charge < -0.3 is 14.2 Å². The molecule has 4 aromatic rings. The van der Waals surface area contributed by atoms with Crippen molar-refractivity contribution in [2.24, 2.45) is 0 Å². The van der Waals surface area contributed by atoms with E-state index in [9.17, 15) is 9.59 Å². The van der Waals surface area contributed by atoms with E-state index in [1.807, 2.05) is 24.3 Å². The molecule has 7 nitrogen and oxygen atoms in total. The Morgan fingerprint density at radius 3 is 2.50 bits per heavy atom. The molecule has 0 radical (unpaired) electrons. The van der Waals surface area contributed by atoms with Gasteiger partial charge in [-0.2, -0.15) is 0 Å². The summed E-state index contributed by atoms with van der Waals surface area (Å²) < 4.78 is 15.8. The molecule has 0 atom stereocenters. The van der Waals surface area contributed by atoms with Crippen LogP contribution in [0.2, 0.25) is 0 Å². The predicted molar refractivity (Wildman–Crippen MR) is 119 cm³/mol. The maximum absolute atomic E-state index is 13.0. The van der Waals surface area contributed by atoms with E-state index < -0.39 is 18.4 Å². The van der Waals surface area contributed by atoms with E-state index in [4.69, 9.17) is 14.2 Å². The Balaban J connectivity index is 1.63. The molecule has 0 unspecified atom stereocenters. The number of rotatable bonds is 7. The Labute approximate surface area is 184 Å². The van der Waals surface area contributed by atoms with Gasteiger partial charge in [0.05, 0.1) is 36.6 Å². The lowest BCUT2D eigenvalue weighted by atomic mass is 10.0. The second-order valence-electron chi connectivity index (χ2n) is 6.88. The third-order valence-corrected chi connectivity index (χ3v) is 4.93. The summed E-state index contributed by atoms with van der Waals surface area (Å²) in [5, 5.41) is 0.636. The number of hydrogen-bond acceptors (Lipinski definition) is 7. The quantitative estimate of drug-likeness (QED) is 0.319. The third-order valence-electron chi connectivity index (χ3n) is 4.93. The van der Waals surface area contributed by atoms with Gasteiger partial charge in [-0.1, -0.05) is 18.2 Å². The summed E-state index contributed by atoms with van der Waals surface area (Å²) >= 11 is 0. The second kappa shape index (κ2) is 9.26. The summed E-state index contributed by atoms with van der Waals surface area (Å²) in [6.07, 6.45) is 3.34. The van der Waals surface area contributed by atoms with Gasteiger partial charge in [0, 0.05) is 23.3 Å². The molecule has 0 aliphatic carbocycles. The Morgan fingerprint density at radius 1 is 0.906 bits per heavy atom. The van der Waals surface area contributed by atoms with Gasteiger partial charge in [0.2, 0.25) is 5.78 Å². The van der Waals surface area contributed by atoms with Crippen LogP contribution in [0.3, 0.4) is 0 Å². The van der Waals surface area contributed by atoms with Crippen molar-refractivity contribution in [2.75, 3.05) is 20.8 Å². The van der Waals surface area contributed by atoms with E-state index in [1.54, 1.807) is 48.8 Å². The van der Waals surface area contributed by atoms with Crippen LogP contribution in [0.4, 0.5) is 0 Å². The number of para-hydroxylation sites is 1. The Bertz CT molecular complexity index is 1290. The van der Waals surface area contributed by atoms with Crippen LogP contribution < -0.4 is 9.47 Å². The molecule has 2 heterocycles. The number of ketones is 1. The van der Waals surface area contributed by atoms with Gasteiger partial charge in [-0.15, -0.1) is 0 Å². The number of carbonyl (C=O) groups excluding carboxylic acids is 2. The zero-order valence-corrected chi connectivity index (χ0v) is 17.6. The van der Waals surface area contributed by atoms with Crippen molar-refractivity contribution in [3.05, 3.63) is 84.2 Å². The molecule has 7 heteroatoms. The lowest BCUT2D eigenvalue weighted by molar-refractivity contribution is 0.0476. The zero-order valence-electron chi connectivity index (χ0n) is 17.6. The largest absolute Gasteiger partial charge is 0.497 e. The number of hydrogen-bond donors (Lipinski definition) is 0. The number of esters is 1. The summed E-state index contributed by atoms with van der Waals surface area (Å²) in [4.78, 5) is 34.5. The monoisotopic (exact) mass is 428 g/mol. The average Bonchev–Trinajstić information content (AvgIpc) is 2.86. The molecule has 0 fully saturated rings. The van der Waals surface area contributed by atoms with E-state index in [0.29, 0.717) is 33.7 Å². The van der Waals surface area contributed by atoms with Gasteiger partial charge in [-0.3, -0.25) is 9.78 Å². The van der Waals surface area contributed by atoms with Crippen LogP contribution in [-0.2, 0) is 4.74 Å². The number of aromatic nitrogens is 2.